The minimum atomic E-state index is -0.819. The maximum atomic E-state index is 13.9. The molecular weight excluding hydrogens is 536 g/mol. The summed E-state index contributed by atoms with van der Waals surface area (Å²) in [5, 5.41) is 15.0. The number of dihydropyridines is 1. The summed E-state index contributed by atoms with van der Waals surface area (Å²) in [6.07, 6.45) is 4.10. The van der Waals surface area contributed by atoms with Crippen molar-refractivity contribution in [3.05, 3.63) is 85.2 Å². The van der Waals surface area contributed by atoms with Crippen LogP contribution < -0.4 is 14.8 Å². The Morgan fingerprint density at radius 2 is 1.73 bits per heavy atom. The van der Waals surface area contributed by atoms with Crippen LogP contribution in [0.5, 0.6) is 11.5 Å². The summed E-state index contributed by atoms with van der Waals surface area (Å²) < 4.78 is 16.7. The first-order valence-corrected chi connectivity index (χ1v) is 13.7. The van der Waals surface area contributed by atoms with E-state index in [-0.39, 0.29) is 34.9 Å². The molecule has 0 radical (unpaired) electrons. The average molecular weight is 567 g/mol. The van der Waals surface area contributed by atoms with E-state index in [1.165, 1.54) is 12.1 Å². The van der Waals surface area contributed by atoms with E-state index in [2.05, 4.69) is 5.32 Å². The van der Waals surface area contributed by atoms with E-state index in [1.54, 1.807) is 27.2 Å². The zero-order valence-electron chi connectivity index (χ0n) is 22.6. The normalized spacial score (nSPS) is 21.1. The molecule has 1 N–H and O–H groups in total. The summed E-state index contributed by atoms with van der Waals surface area (Å²) in [7, 11) is 3.13. The Bertz CT molecular complexity index is 1440. The quantitative estimate of drug-likeness (QED) is 0.242. The first kappa shape index (κ1) is 27.7. The average Bonchev–Trinajstić information content (AvgIpc) is 3.44. The van der Waals surface area contributed by atoms with E-state index >= 15 is 0 Å². The Kier molecular flexibility index (Phi) is 7.85. The van der Waals surface area contributed by atoms with Crippen molar-refractivity contribution in [1.29, 1.82) is 0 Å². The zero-order valence-corrected chi connectivity index (χ0v) is 23.4. The zero-order chi connectivity index (χ0) is 28.6. The Morgan fingerprint density at radius 1 is 1.02 bits per heavy atom. The molecule has 1 heterocycles. The molecule has 2 atom stereocenters. The second-order valence-corrected chi connectivity index (χ2v) is 10.8. The number of benzene rings is 2. The molecule has 0 saturated heterocycles. The maximum absolute atomic E-state index is 13.9. The third kappa shape index (κ3) is 5.18. The van der Waals surface area contributed by atoms with E-state index in [0.717, 1.165) is 31.2 Å². The SMILES string of the molecule is COc1ccc(C2CC(=O)C3=C(C2)NC(C)=C(C(=O)OC2CCCC2)C3c2ccc(Cl)c([N+](=O)[O-])c2)cc1OC. The van der Waals surface area contributed by atoms with Crippen LogP contribution in [0.25, 0.3) is 0 Å². The van der Waals surface area contributed by atoms with Crippen LogP contribution in [-0.2, 0) is 14.3 Å². The van der Waals surface area contributed by atoms with Crippen molar-refractivity contribution in [2.24, 2.45) is 0 Å². The van der Waals surface area contributed by atoms with Crippen LogP contribution in [0.2, 0.25) is 5.02 Å². The highest BCUT2D eigenvalue weighted by atomic mass is 35.5. The molecule has 1 saturated carbocycles. The van der Waals surface area contributed by atoms with Gasteiger partial charge in [-0.25, -0.2) is 4.79 Å². The largest absolute Gasteiger partial charge is 0.493 e. The van der Waals surface area contributed by atoms with Gasteiger partial charge in [-0.15, -0.1) is 0 Å². The van der Waals surface area contributed by atoms with Crippen LogP contribution in [0.15, 0.2) is 58.9 Å². The maximum Gasteiger partial charge on any atom is 0.337 e. The van der Waals surface area contributed by atoms with Crippen molar-refractivity contribution in [2.45, 2.75) is 63.4 Å². The lowest BCUT2D eigenvalue weighted by Crippen LogP contribution is -2.36. The summed E-state index contributed by atoms with van der Waals surface area (Å²) in [6, 6.07) is 10.0. The van der Waals surface area contributed by atoms with E-state index in [1.807, 2.05) is 18.2 Å². The van der Waals surface area contributed by atoms with Gasteiger partial charge in [-0.2, -0.15) is 0 Å². The summed E-state index contributed by atoms with van der Waals surface area (Å²) in [4.78, 5) is 38.6. The lowest BCUT2D eigenvalue weighted by atomic mass is 9.71. The van der Waals surface area contributed by atoms with Gasteiger partial charge in [0.25, 0.3) is 5.69 Å². The molecule has 0 amide bonds. The van der Waals surface area contributed by atoms with Crippen molar-refractivity contribution in [3.63, 3.8) is 0 Å². The van der Waals surface area contributed by atoms with Gasteiger partial charge in [0.05, 0.1) is 24.7 Å². The molecule has 0 bridgehead atoms. The predicted octanol–water partition coefficient (Wildman–Crippen LogP) is 6.11. The number of allylic oxidation sites excluding steroid dienone is 3. The number of methoxy groups -OCH3 is 2. The fourth-order valence-electron chi connectivity index (χ4n) is 6.06. The molecular formula is C30H31ClN2O7. The first-order chi connectivity index (χ1) is 19.2. The summed E-state index contributed by atoms with van der Waals surface area (Å²) in [5.41, 5.74) is 3.05. The Balaban J connectivity index is 1.57. The number of ketones is 1. The molecule has 2 aliphatic carbocycles. The molecule has 1 fully saturated rings. The van der Waals surface area contributed by atoms with Gasteiger partial charge in [0.2, 0.25) is 0 Å². The van der Waals surface area contributed by atoms with Gasteiger partial charge in [0, 0.05) is 35.4 Å². The minimum absolute atomic E-state index is 0.0174. The van der Waals surface area contributed by atoms with Gasteiger partial charge in [-0.1, -0.05) is 23.7 Å². The third-order valence-corrected chi connectivity index (χ3v) is 8.32. The lowest BCUT2D eigenvalue weighted by Gasteiger charge is -2.37. The Hall–Kier alpha value is -3.85. The molecule has 210 valence electrons. The summed E-state index contributed by atoms with van der Waals surface area (Å²) >= 11 is 6.11. The molecule has 0 aromatic heterocycles. The molecule has 9 nitrogen and oxygen atoms in total. The Morgan fingerprint density at radius 3 is 2.40 bits per heavy atom. The van der Waals surface area contributed by atoms with Gasteiger partial charge in [0.1, 0.15) is 11.1 Å². The number of Topliss-reactive ketones (excluding diaryl/α,β-unsaturated/α-hetero) is 1. The van der Waals surface area contributed by atoms with E-state index < -0.39 is 16.8 Å². The number of carbonyl (C=O) groups excluding carboxylic acids is 2. The number of nitro groups is 1. The third-order valence-electron chi connectivity index (χ3n) is 8.00. The van der Waals surface area contributed by atoms with Crippen LogP contribution in [0.1, 0.15) is 68.4 Å². The number of halogens is 1. The number of rotatable bonds is 7. The number of hydrogen-bond acceptors (Lipinski definition) is 8. The number of ether oxygens (including phenoxy) is 3. The van der Waals surface area contributed by atoms with Gasteiger partial charge in [-0.3, -0.25) is 14.9 Å². The fourth-order valence-corrected chi connectivity index (χ4v) is 6.24. The van der Waals surface area contributed by atoms with Crippen molar-refractivity contribution in [1.82, 2.24) is 5.32 Å². The van der Waals surface area contributed by atoms with Crippen LogP contribution in [-0.4, -0.2) is 37.0 Å². The first-order valence-electron chi connectivity index (χ1n) is 13.3. The van der Waals surface area contributed by atoms with Crippen LogP contribution in [0, 0.1) is 10.1 Å². The van der Waals surface area contributed by atoms with E-state index in [4.69, 9.17) is 25.8 Å². The molecule has 3 aliphatic rings. The fraction of sp³-hybridized carbons (Fsp3) is 0.400. The number of nitrogens with zero attached hydrogens (tertiary/aromatic N) is 1. The lowest BCUT2D eigenvalue weighted by molar-refractivity contribution is -0.384. The minimum Gasteiger partial charge on any atom is -0.493 e. The van der Waals surface area contributed by atoms with Gasteiger partial charge >= 0.3 is 5.97 Å². The van der Waals surface area contributed by atoms with Crippen molar-refractivity contribution >= 4 is 29.0 Å². The highest BCUT2D eigenvalue weighted by molar-refractivity contribution is 6.32. The van der Waals surface area contributed by atoms with Gasteiger partial charge in [0.15, 0.2) is 17.3 Å². The molecule has 5 rings (SSSR count). The standard InChI is InChI=1S/C30H31ClN2O7/c1-16-27(30(35)40-20-6-4-5-7-20)28(18-8-10-21(31)23(13-18)33(36)37)29-22(32-16)12-19(14-24(29)34)17-9-11-25(38-2)26(15-17)39-3/h8-11,13,15,19-20,28,32H,4-7,12,14H2,1-3H3. The number of esters is 1. The number of nitro benzene ring substituents is 1. The molecule has 40 heavy (non-hydrogen) atoms. The topological polar surface area (TPSA) is 117 Å². The van der Waals surface area contributed by atoms with Gasteiger partial charge < -0.3 is 19.5 Å². The van der Waals surface area contributed by atoms with Crippen molar-refractivity contribution in [2.75, 3.05) is 14.2 Å². The van der Waals surface area contributed by atoms with Crippen LogP contribution in [0.3, 0.4) is 0 Å². The highest BCUT2D eigenvalue weighted by Crippen LogP contribution is 2.47. The monoisotopic (exact) mass is 566 g/mol. The highest BCUT2D eigenvalue weighted by Gasteiger charge is 2.42. The molecule has 2 unspecified atom stereocenters. The predicted molar refractivity (Wildman–Crippen MR) is 149 cm³/mol. The molecule has 10 heteroatoms. The molecule has 0 spiro atoms. The van der Waals surface area contributed by atoms with E-state index in [9.17, 15) is 19.7 Å². The van der Waals surface area contributed by atoms with Crippen molar-refractivity contribution < 1.29 is 28.7 Å². The second kappa shape index (κ2) is 11.3. The van der Waals surface area contributed by atoms with Gasteiger partial charge in [-0.05, 0) is 74.3 Å². The Labute approximate surface area is 237 Å². The smallest absolute Gasteiger partial charge is 0.337 e. The van der Waals surface area contributed by atoms with Crippen LogP contribution in [0.4, 0.5) is 5.69 Å². The number of nitrogens with one attached hydrogen (secondary N) is 1. The molecule has 2 aromatic carbocycles. The van der Waals surface area contributed by atoms with E-state index in [0.29, 0.717) is 46.0 Å². The molecule has 1 aliphatic heterocycles. The van der Waals surface area contributed by atoms with Crippen LogP contribution >= 0.6 is 11.6 Å². The number of carbonyl (C=O) groups is 2. The summed E-state index contributed by atoms with van der Waals surface area (Å²) in [6.45, 7) is 1.77. The molecule has 2 aromatic rings. The second-order valence-electron chi connectivity index (χ2n) is 10.4. The van der Waals surface area contributed by atoms with Crippen molar-refractivity contribution in [3.8, 4) is 11.5 Å². The number of hydrogen-bond donors (Lipinski definition) is 1. The summed E-state index contributed by atoms with van der Waals surface area (Å²) in [5.74, 6) is -0.449.